The van der Waals surface area contributed by atoms with Crippen LogP contribution >= 0.6 is 11.8 Å². The molecule has 0 aliphatic carbocycles. The van der Waals surface area contributed by atoms with Gasteiger partial charge in [-0.25, -0.2) is 0 Å². The number of aryl methyl sites for hydroxylation is 1. The van der Waals surface area contributed by atoms with Crippen molar-refractivity contribution in [2.45, 2.75) is 18.4 Å². The second-order valence-corrected chi connectivity index (χ2v) is 7.83. The monoisotopic (exact) mass is 432 g/mol. The number of amides is 1. The first-order valence-corrected chi connectivity index (χ1v) is 10.8. The van der Waals surface area contributed by atoms with Crippen molar-refractivity contribution in [1.29, 1.82) is 0 Å². The number of nitrogens with one attached hydrogen (secondary N) is 1. The molecule has 4 aromatic rings. The molecule has 156 valence electrons. The number of pyridine rings is 1. The highest BCUT2D eigenvalue weighted by molar-refractivity contribution is 7.98. The number of rotatable bonds is 6. The van der Waals surface area contributed by atoms with E-state index in [1.54, 1.807) is 24.0 Å². The van der Waals surface area contributed by atoms with Crippen molar-refractivity contribution in [3.05, 3.63) is 82.8 Å². The third-order valence-electron chi connectivity index (χ3n) is 4.63. The van der Waals surface area contributed by atoms with Crippen molar-refractivity contribution in [2.24, 2.45) is 0 Å². The summed E-state index contributed by atoms with van der Waals surface area (Å²) in [4.78, 5) is 30.2. The molecular formula is C23H20N4O3S. The summed E-state index contributed by atoms with van der Waals surface area (Å²) in [5.74, 6) is 0.431. The summed E-state index contributed by atoms with van der Waals surface area (Å²) in [5.41, 5.74) is 2.91. The average Bonchev–Trinajstić information content (AvgIpc) is 3.26. The van der Waals surface area contributed by atoms with Gasteiger partial charge in [0.1, 0.15) is 6.54 Å². The first-order chi connectivity index (χ1) is 15.0. The highest BCUT2D eigenvalue weighted by Gasteiger charge is 2.13. The topological polar surface area (TPSA) is 90.0 Å². The Morgan fingerprint density at radius 3 is 2.65 bits per heavy atom. The Morgan fingerprint density at radius 1 is 1.10 bits per heavy atom. The van der Waals surface area contributed by atoms with Crippen molar-refractivity contribution >= 4 is 23.4 Å². The molecule has 2 aromatic heterocycles. The lowest BCUT2D eigenvalue weighted by molar-refractivity contribution is -0.116. The van der Waals surface area contributed by atoms with E-state index in [1.807, 2.05) is 61.7 Å². The van der Waals surface area contributed by atoms with Crippen LogP contribution < -0.4 is 10.9 Å². The van der Waals surface area contributed by atoms with Crippen LogP contribution in [0.3, 0.4) is 0 Å². The van der Waals surface area contributed by atoms with E-state index in [4.69, 9.17) is 4.52 Å². The van der Waals surface area contributed by atoms with Crippen LogP contribution in [0, 0.1) is 6.92 Å². The number of benzene rings is 2. The Labute approximate surface area is 183 Å². The summed E-state index contributed by atoms with van der Waals surface area (Å²) in [5, 5.41) is 6.84. The van der Waals surface area contributed by atoms with Gasteiger partial charge in [-0.2, -0.15) is 4.98 Å². The van der Waals surface area contributed by atoms with E-state index in [0.717, 1.165) is 16.0 Å². The van der Waals surface area contributed by atoms with E-state index in [9.17, 15) is 9.59 Å². The zero-order valence-electron chi connectivity index (χ0n) is 17.0. The van der Waals surface area contributed by atoms with E-state index in [1.165, 1.54) is 10.6 Å². The second kappa shape index (κ2) is 9.01. The summed E-state index contributed by atoms with van der Waals surface area (Å²) in [6.45, 7) is 1.87. The SMILES string of the molecule is CSc1cccc(NC(=O)Cn2cc(-c3nc(-c4ccc(C)cc4)no3)ccc2=O)c1. The van der Waals surface area contributed by atoms with Crippen LogP contribution in [-0.4, -0.2) is 26.9 Å². The van der Waals surface area contributed by atoms with Crippen LogP contribution in [0.5, 0.6) is 0 Å². The Bertz CT molecular complexity index is 1280. The lowest BCUT2D eigenvalue weighted by Crippen LogP contribution is -2.26. The van der Waals surface area contributed by atoms with Gasteiger partial charge in [-0.1, -0.05) is 41.1 Å². The fourth-order valence-electron chi connectivity index (χ4n) is 3.00. The lowest BCUT2D eigenvalue weighted by atomic mass is 10.1. The van der Waals surface area contributed by atoms with E-state index < -0.39 is 0 Å². The van der Waals surface area contributed by atoms with Gasteiger partial charge in [-0.3, -0.25) is 9.59 Å². The van der Waals surface area contributed by atoms with Crippen LogP contribution in [0.25, 0.3) is 22.8 Å². The number of hydrogen-bond donors (Lipinski definition) is 1. The highest BCUT2D eigenvalue weighted by Crippen LogP contribution is 2.22. The standard InChI is InChI=1S/C23H20N4O3S/c1-15-6-8-16(9-7-15)22-25-23(30-26-22)17-10-11-21(29)27(13-17)14-20(28)24-18-4-3-5-19(12-18)31-2/h3-13H,14H2,1-2H3,(H,24,28). The largest absolute Gasteiger partial charge is 0.334 e. The average molecular weight is 433 g/mol. The summed E-state index contributed by atoms with van der Waals surface area (Å²) >= 11 is 1.59. The van der Waals surface area contributed by atoms with Crippen molar-refractivity contribution in [2.75, 3.05) is 11.6 Å². The quantitative estimate of drug-likeness (QED) is 0.459. The molecule has 31 heavy (non-hydrogen) atoms. The maximum Gasteiger partial charge on any atom is 0.259 e. The molecule has 2 aromatic carbocycles. The number of carbonyl (C=O) groups is 1. The molecule has 2 heterocycles. The maximum atomic E-state index is 12.5. The second-order valence-electron chi connectivity index (χ2n) is 6.95. The Morgan fingerprint density at radius 2 is 1.87 bits per heavy atom. The lowest BCUT2D eigenvalue weighted by Gasteiger charge is -2.09. The van der Waals surface area contributed by atoms with Crippen molar-refractivity contribution in [1.82, 2.24) is 14.7 Å². The molecule has 8 heteroatoms. The van der Waals surface area contributed by atoms with E-state index >= 15 is 0 Å². The fourth-order valence-corrected chi connectivity index (χ4v) is 3.46. The molecule has 0 aliphatic rings. The molecular weight excluding hydrogens is 412 g/mol. The zero-order chi connectivity index (χ0) is 21.8. The summed E-state index contributed by atoms with van der Waals surface area (Å²) in [7, 11) is 0. The molecule has 4 rings (SSSR count). The molecule has 1 N–H and O–H groups in total. The van der Waals surface area contributed by atoms with Gasteiger partial charge in [0.15, 0.2) is 0 Å². The number of aromatic nitrogens is 3. The Hall–Kier alpha value is -3.65. The van der Waals surface area contributed by atoms with E-state index in [0.29, 0.717) is 17.1 Å². The number of thioether (sulfide) groups is 1. The van der Waals surface area contributed by atoms with Crippen molar-refractivity contribution < 1.29 is 9.32 Å². The predicted octanol–water partition coefficient (Wildman–Crippen LogP) is 4.23. The molecule has 0 unspecified atom stereocenters. The van der Waals surface area contributed by atoms with Gasteiger partial charge in [0, 0.05) is 28.4 Å². The van der Waals surface area contributed by atoms with Gasteiger partial charge in [0.25, 0.3) is 11.4 Å². The van der Waals surface area contributed by atoms with Crippen molar-refractivity contribution in [3.8, 4) is 22.8 Å². The minimum Gasteiger partial charge on any atom is -0.334 e. The highest BCUT2D eigenvalue weighted by atomic mass is 32.2. The molecule has 7 nitrogen and oxygen atoms in total. The maximum absolute atomic E-state index is 12.5. The first-order valence-electron chi connectivity index (χ1n) is 9.57. The first kappa shape index (κ1) is 20.6. The number of nitrogens with zero attached hydrogens (tertiary/aromatic N) is 3. The molecule has 0 spiro atoms. The minimum atomic E-state index is -0.302. The minimum absolute atomic E-state index is 0.130. The van der Waals surface area contributed by atoms with E-state index in [-0.39, 0.29) is 23.9 Å². The molecule has 0 bridgehead atoms. The predicted molar refractivity (Wildman–Crippen MR) is 121 cm³/mol. The third kappa shape index (κ3) is 4.92. The molecule has 0 aliphatic heterocycles. The molecule has 0 radical (unpaired) electrons. The van der Waals surface area contributed by atoms with Gasteiger partial charge in [0.2, 0.25) is 11.7 Å². The smallest absolute Gasteiger partial charge is 0.259 e. The fraction of sp³-hybridized carbons (Fsp3) is 0.130. The number of hydrogen-bond acceptors (Lipinski definition) is 6. The number of carbonyl (C=O) groups excluding carboxylic acids is 1. The summed E-state index contributed by atoms with van der Waals surface area (Å²) in [6.07, 6.45) is 3.51. The van der Waals surface area contributed by atoms with Gasteiger partial charge in [0.05, 0.1) is 5.56 Å². The molecule has 1 amide bonds. The van der Waals surface area contributed by atoms with Crippen LogP contribution in [-0.2, 0) is 11.3 Å². The third-order valence-corrected chi connectivity index (χ3v) is 5.36. The van der Waals surface area contributed by atoms with E-state index in [2.05, 4.69) is 15.5 Å². The van der Waals surface area contributed by atoms with Gasteiger partial charge >= 0.3 is 0 Å². The van der Waals surface area contributed by atoms with Gasteiger partial charge < -0.3 is 14.4 Å². The molecule has 0 fully saturated rings. The summed E-state index contributed by atoms with van der Waals surface area (Å²) < 4.78 is 6.70. The van der Waals surface area contributed by atoms with Gasteiger partial charge in [-0.15, -0.1) is 11.8 Å². The Balaban J connectivity index is 1.52. The van der Waals surface area contributed by atoms with Crippen molar-refractivity contribution in [3.63, 3.8) is 0 Å². The normalized spacial score (nSPS) is 10.8. The van der Waals surface area contributed by atoms with Crippen LogP contribution in [0.2, 0.25) is 0 Å². The molecule has 0 saturated heterocycles. The van der Waals surface area contributed by atoms with Crippen LogP contribution in [0.1, 0.15) is 5.56 Å². The molecule has 0 saturated carbocycles. The number of anilines is 1. The Kier molecular flexibility index (Phi) is 5.99. The zero-order valence-corrected chi connectivity index (χ0v) is 17.8. The summed E-state index contributed by atoms with van der Waals surface area (Å²) in [6, 6.07) is 18.3. The van der Waals surface area contributed by atoms with Gasteiger partial charge in [-0.05, 0) is 37.4 Å². The van der Waals surface area contributed by atoms with Crippen LogP contribution in [0.15, 0.2) is 81.1 Å². The van der Waals surface area contributed by atoms with Crippen LogP contribution in [0.4, 0.5) is 5.69 Å². The molecule has 0 atom stereocenters.